The lowest BCUT2D eigenvalue weighted by Crippen LogP contribution is -2.26. The van der Waals surface area contributed by atoms with Crippen molar-refractivity contribution < 1.29 is 9.47 Å². The maximum Gasteiger partial charge on any atom is 0.267 e. The van der Waals surface area contributed by atoms with Crippen LogP contribution in [-0.2, 0) is 9.47 Å². The Labute approximate surface area is 179 Å². The quantitative estimate of drug-likeness (QED) is 0.544. The van der Waals surface area contributed by atoms with Gasteiger partial charge in [-0.05, 0) is 89.8 Å². The Kier molecular flexibility index (Phi) is 4.89. The lowest BCUT2D eigenvalue weighted by Gasteiger charge is -2.27. The van der Waals surface area contributed by atoms with Crippen LogP contribution in [0.25, 0.3) is 0 Å². The highest BCUT2D eigenvalue weighted by molar-refractivity contribution is 5.70. The Bertz CT molecular complexity index is 1100. The standard InChI is InChI=1S/C26H30N2O2/c1-15-12-16(2)14-23(13-15)27-19(5)21(7)29-25(27)26-28(20(6)22(8)30-26)24-17(3)10-9-11-18(24)4/h9-14H,1-8H3/b26-25+. The van der Waals surface area contributed by atoms with Gasteiger partial charge < -0.3 is 9.47 Å². The van der Waals surface area contributed by atoms with Crippen molar-refractivity contribution in [3.63, 3.8) is 0 Å². The molecule has 0 fully saturated rings. The van der Waals surface area contributed by atoms with Crippen molar-refractivity contribution in [1.29, 1.82) is 0 Å². The zero-order valence-electron chi connectivity index (χ0n) is 19.2. The van der Waals surface area contributed by atoms with E-state index < -0.39 is 0 Å². The van der Waals surface area contributed by atoms with Gasteiger partial charge >= 0.3 is 0 Å². The first-order valence-corrected chi connectivity index (χ1v) is 10.4. The molecule has 0 saturated heterocycles. The zero-order valence-corrected chi connectivity index (χ0v) is 19.2. The average Bonchev–Trinajstić information content (AvgIpc) is 3.11. The van der Waals surface area contributed by atoms with Gasteiger partial charge in [0, 0.05) is 5.69 Å². The molecule has 0 amide bonds. The van der Waals surface area contributed by atoms with E-state index in [-0.39, 0.29) is 0 Å². The molecule has 2 aromatic rings. The molecule has 4 rings (SSSR count). The van der Waals surface area contributed by atoms with Gasteiger partial charge in [0.15, 0.2) is 0 Å². The molecule has 4 nitrogen and oxygen atoms in total. The molecule has 0 unspecified atom stereocenters. The first kappa shape index (κ1) is 20.1. The molecule has 2 aromatic carbocycles. The molecule has 30 heavy (non-hydrogen) atoms. The number of allylic oxidation sites excluding steroid dienone is 4. The van der Waals surface area contributed by atoms with Gasteiger partial charge in [-0.2, -0.15) is 0 Å². The second-order valence-corrected chi connectivity index (χ2v) is 8.35. The Morgan fingerprint density at radius 3 is 1.60 bits per heavy atom. The molecule has 0 atom stereocenters. The third-order valence-electron chi connectivity index (χ3n) is 5.91. The number of hydrogen-bond acceptors (Lipinski definition) is 4. The predicted octanol–water partition coefficient (Wildman–Crippen LogP) is 6.92. The van der Waals surface area contributed by atoms with Crippen LogP contribution >= 0.6 is 0 Å². The minimum atomic E-state index is 0.703. The fraction of sp³-hybridized carbons (Fsp3) is 0.308. The summed E-state index contributed by atoms with van der Waals surface area (Å²) in [6.07, 6.45) is 0. The molecule has 2 aliphatic heterocycles. The number of ether oxygens (including phenoxy) is 2. The number of rotatable bonds is 2. The van der Waals surface area contributed by atoms with E-state index in [0.29, 0.717) is 11.8 Å². The van der Waals surface area contributed by atoms with Crippen molar-refractivity contribution in [3.8, 4) is 0 Å². The molecular weight excluding hydrogens is 372 g/mol. The van der Waals surface area contributed by atoms with Crippen molar-refractivity contribution in [1.82, 2.24) is 0 Å². The van der Waals surface area contributed by atoms with Gasteiger partial charge in [0.1, 0.15) is 11.5 Å². The lowest BCUT2D eigenvalue weighted by atomic mass is 10.1. The molecule has 0 aromatic heterocycles. The second-order valence-electron chi connectivity index (χ2n) is 8.35. The Balaban J connectivity index is 1.94. The second kappa shape index (κ2) is 7.28. The summed E-state index contributed by atoms with van der Waals surface area (Å²) in [4.78, 5) is 4.36. The van der Waals surface area contributed by atoms with E-state index in [1.54, 1.807) is 0 Å². The first-order valence-electron chi connectivity index (χ1n) is 10.4. The summed E-state index contributed by atoms with van der Waals surface area (Å²) in [6.45, 7) is 16.7. The summed E-state index contributed by atoms with van der Waals surface area (Å²) >= 11 is 0. The van der Waals surface area contributed by atoms with Crippen LogP contribution < -0.4 is 9.80 Å². The molecule has 156 valence electrons. The van der Waals surface area contributed by atoms with Gasteiger partial charge in [0.2, 0.25) is 0 Å². The van der Waals surface area contributed by atoms with Crippen molar-refractivity contribution in [2.24, 2.45) is 0 Å². The molecule has 0 saturated carbocycles. The molecule has 0 N–H and O–H groups in total. The minimum Gasteiger partial charge on any atom is -0.439 e. The minimum absolute atomic E-state index is 0.703. The van der Waals surface area contributed by atoms with E-state index in [1.165, 1.54) is 22.3 Å². The first-order chi connectivity index (χ1) is 14.2. The van der Waals surface area contributed by atoms with E-state index in [1.807, 2.05) is 13.8 Å². The van der Waals surface area contributed by atoms with Gasteiger partial charge in [0.05, 0.1) is 17.1 Å². The van der Waals surface area contributed by atoms with E-state index in [9.17, 15) is 0 Å². The Morgan fingerprint density at radius 1 is 0.600 bits per heavy atom. The zero-order chi connectivity index (χ0) is 21.7. The third kappa shape index (κ3) is 3.17. The highest BCUT2D eigenvalue weighted by atomic mass is 16.6. The molecular formula is C26H30N2O2. The van der Waals surface area contributed by atoms with Crippen LogP contribution in [0.5, 0.6) is 0 Å². The van der Waals surface area contributed by atoms with E-state index in [4.69, 9.17) is 9.47 Å². The van der Waals surface area contributed by atoms with Crippen LogP contribution in [0.3, 0.4) is 0 Å². The van der Waals surface area contributed by atoms with Crippen LogP contribution in [0.4, 0.5) is 11.4 Å². The van der Waals surface area contributed by atoms with E-state index >= 15 is 0 Å². The van der Waals surface area contributed by atoms with Crippen molar-refractivity contribution in [3.05, 3.63) is 93.3 Å². The van der Waals surface area contributed by atoms with Crippen LogP contribution in [0.2, 0.25) is 0 Å². The van der Waals surface area contributed by atoms with Crippen LogP contribution in [-0.4, -0.2) is 0 Å². The molecule has 0 spiro atoms. The number of nitrogens with zero attached hydrogens (tertiary/aromatic N) is 2. The third-order valence-corrected chi connectivity index (χ3v) is 5.91. The number of hydrogen-bond donors (Lipinski definition) is 0. The van der Waals surface area contributed by atoms with Gasteiger partial charge in [-0.3, -0.25) is 9.80 Å². The number of para-hydroxylation sites is 1. The number of anilines is 2. The molecule has 0 radical (unpaired) electrons. The number of benzene rings is 2. The summed E-state index contributed by atoms with van der Waals surface area (Å²) in [5, 5.41) is 0. The molecule has 4 heteroatoms. The topological polar surface area (TPSA) is 24.9 Å². The summed E-state index contributed by atoms with van der Waals surface area (Å²) in [7, 11) is 0. The van der Waals surface area contributed by atoms with Crippen LogP contribution in [0.15, 0.2) is 71.1 Å². The number of aryl methyl sites for hydroxylation is 4. The summed E-state index contributed by atoms with van der Waals surface area (Å²) in [5.74, 6) is 3.17. The molecule has 2 heterocycles. The average molecular weight is 403 g/mol. The molecule has 2 aliphatic rings. The van der Waals surface area contributed by atoms with Crippen molar-refractivity contribution in [2.45, 2.75) is 55.4 Å². The van der Waals surface area contributed by atoms with Crippen molar-refractivity contribution >= 4 is 11.4 Å². The Morgan fingerprint density at radius 2 is 1.07 bits per heavy atom. The van der Waals surface area contributed by atoms with Crippen molar-refractivity contribution in [2.75, 3.05) is 9.80 Å². The van der Waals surface area contributed by atoms with E-state index in [0.717, 1.165) is 34.3 Å². The van der Waals surface area contributed by atoms with Crippen LogP contribution in [0.1, 0.15) is 49.9 Å². The van der Waals surface area contributed by atoms with Crippen LogP contribution in [0, 0.1) is 27.7 Å². The smallest absolute Gasteiger partial charge is 0.267 e. The maximum atomic E-state index is 6.34. The summed E-state index contributed by atoms with van der Waals surface area (Å²) < 4.78 is 12.7. The normalized spacial score (nSPS) is 19.1. The monoisotopic (exact) mass is 402 g/mol. The predicted molar refractivity (Wildman–Crippen MR) is 123 cm³/mol. The SMILES string of the molecule is CC1=C(C)N(c2cc(C)cc(C)c2)/C(=C2\OC(C)=C(C)N2c2c(C)cccc2C)O1. The summed E-state index contributed by atoms with van der Waals surface area (Å²) in [6, 6.07) is 12.9. The van der Waals surface area contributed by atoms with Gasteiger partial charge in [-0.15, -0.1) is 0 Å². The highest BCUT2D eigenvalue weighted by Gasteiger charge is 2.38. The Hall–Kier alpha value is -3.14. The fourth-order valence-electron chi connectivity index (χ4n) is 4.25. The van der Waals surface area contributed by atoms with Gasteiger partial charge in [-0.1, -0.05) is 24.3 Å². The molecule has 0 bridgehead atoms. The fourth-order valence-corrected chi connectivity index (χ4v) is 4.25. The largest absolute Gasteiger partial charge is 0.439 e. The maximum absolute atomic E-state index is 6.34. The van der Waals surface area contributed by atoms with E-state index in [2.05, 4.69) is 87.7 Å². The van der Waals surface area contributed by atoms with Gasteiger partial charge in [-0.25, -0.2) is 0 Å². The lowest BCUT2D eigenvalue weighted by molar-refractivity contribution is 0.255. The van der Waals surface area contributed by atoms with Gasteiger partial charge in [0.25, 0.3) is 11.8 Å². The summed E-state index contributed by atoms with van der Waals surface area (Å²) in [5.41, 5.74) is 9.19. The molecule has 0 aliphatic carbocycles. The highest BCUT2D eigenvalue weighted by Crippen LogP contribution is 2.44.